The minimum Gasteiger partial charge on any atom is -0.266 e. The van der Waals surface area contributed by atoms with Crippen LogP contribution in [0.2, 0.25) is 5.02 Å². The van der Waals surface area contributed by atoms with E-state index >= 15 is 0 Å². The van der Waals surface area contributed by atoms with E-state index < -0.39 is 0 Å². The van der Waals surface area contributed by atoms with Gasteiger partial charge in [0.05, 0.1) is 5.69 Å². The van der Waals surface area contributed by atoms with Crippen LogP contribution in [0.25, 0.3) is 5.69 Å². The SMILES string of the molecule is O=c1cnn(-c2cccc(Cl)c2)[nH]1. The highest BCUT2D eigenvalue weighted by Gasteiger charge is 1.97. The summed E-state index contributed by atoms with van der Waals surface area (Å²) in [4.78, 5) is 12.1. The fourth-order valence-electron chi connectivity index (χ4n) is 1.01. The number of aromatic nitrogens is 3. The zero-order valence-corrected chi connectivity index (χ0v) is 7.32. The first-order valence-corrected chi connectivity index (χ1v) is 4.04. The summed E-state index contributed by atoms with van der Waals surface area (Å²) in [5.41, 5.74) is 0.495. The van der Waals surface area contributed by atoms with Crippen molar-refractivity contribution in [1.29, 1.82) is 0 Å². The van der Waals surface area contributed by atoms with E-state index in [-0.39, 0.29) is 5.56 Å². The van der Waals surface area contributed by atoms with Gasteiger partial charge in [0.25, 0.3) is 5.56 Å². The number of hydrogen-bond acceptors (Lipinski definition) is 2. The van der Waals surface area contributed by atoms with Crippen molar-refractivity contribution in [2.24, 2.45) is 0 Å². The normalized spacial score (nSPS) is 10.2. The molecule has 2 rings (SSSR count). The zero-order chi connectivity index (χ0) is 9.26. The molecule has 0 saturated heterocycles. The Labute approximate surface area is 78.7 Å². The van der Waals surface area contributed by atoms with E-state index in [1.54, 1.807) is 24.3 Å². The number of nitrogens with one attached hydrogen (secondary N) is 1. The second-order valence-corrected chi connectivity index (χ2v) is 2.95. The molecular formula is C8H6ClN3O. The van der Waals surface area contributed by atoms with Crippen LogP contribution in [0.5, 0.6) is 0 Å². The van der Waals surface area contributed by atoms with Crippen molar-refractivity contribution in [1.82, 2.24) is 15.0 Å². The van der Waals surface area contributed by atoms with Gasteiger partial charge in [-0.1, -0.05) is 17.7 Å². The molecule has 0 unspecified atom stereocenters. The molecule has 4 nitrogen and oxygen atoms in total. The third-order valence-corrected chi connectivity index (χ3v) is 1.79. The molecule has 0 spiro atoms. The highest BCUT2D eigenvalue weighted by Crippen LogP contribution is 2.11. The Kier molecular flexibility index (Phi) is 1.90. The highest BCUT2D eigenvalue weighted by atomic mass is 35.5. The molecule has 1 aromatic carbocycles. The number of halogens is 1. The van der Waals surface area contributed by atoms with Crippen LogP contribution in [0.1, 0.15) is 0 Å². The Morgan fingerprint density at radius 1 is 1.46 bits per heavy atom. The first kappa shape index (κ1) is 8.07. The van der Waals surface area contributed by atoms with Gasteiger partial charge >= 0.3 is 0 Å². The van der Waals surface area contributed by atoms with Crippen molar-refractivity contribution in [2.45, 2.75) is 0 Å². The maximum atomic E-state index is 10.8. The third-order valence-electron chi connectivity index (χ3n) is 1.56. The molecule has 0 radical (unpaired) electrons. The first-order valence-electron chi connectivity index (χ1n) is 3.66. The van der Waals surface area contributed by atoms with E-state index in [2.05, 4.69) is 10.2 Å². The van der Waals surface area contributed by atoms with Gasteiger partial charge in [-0.25, -0.2) is 5.10 Å². The zero-order valence-electron chi connectivity index (χ0n) is 6.57. The molecule has 5 heteroatoms. The van der Waals surface area contributed by atoms with E-state index in [1.807, 2.05) is 0 Å². The smallest absolute Gasteiger partial charge is 0.266 e. The predicted molar refractivity (Wildman–Crippen MR) is 49.2 cm³/mol. The van der Waals surface area contributed by atoms with Crippen LogP contribution in [0.15, 0.2) is 35.3 Å². The van der Waals surface area contributed by atoms with Gasteiger partial charge < -0.3 is 0 Å². The van der Waals surface area contributed by atoms with Gasteiger partial charge in [0.15, 0.2) is 0 Å². The van der Waals surface area contributed by atoms with Crippen LogP contribution in [0.3, 0.4) is 0 Å². The van der Waals surface area contributed by atoms with Gasteiger partial charge in [0, 0.05) is 5.02 Å². The second-order valence-electron chi connectivity index (χ2n) is 2.51. The molecule has 0 aliphatic heterocycles. The van der Waals surface area contributed by atoms with Gasteiger partial charge in [-0.3, -0.25) is 4.79 Å². The van der Waals surface area contributed by atoms with Crippen molar-refractivity contribution in [3.63, 3.8) is 0 Å². The van der Waals surface area contributed by atoms with Crippen molar-refractivity contribution in [3.8, 4) is 5.69 Å². The number of benzene rings is 1. The molecule has 0 saturated carbocycles. The van der Waals surface area contributed by atoms with Crippen LogP contribution in [-0.2, 0) is 0 Å². The summed E-state index contributed by atoms with van der Waals surface area (Å²) >= 11 is 5.77. The summed E-state index contributed by atoms with van der Waals surface area (Å²) in [5.74, 6) is 0. The Bertz CT molecular complexity index is 474. The van der Waals surface area contributed by atoms with Crippen molar-refractivity contribution in [2.75, 3.05) is 0 Å². The summed E-state index contributed by atoms with van der Waals surface area (Å²) in [6.07, 6.45) is 1.21. The number of aromatic amines is 1. The molecule has 0 aliphatic carbocycles. The lowest BCUT2D eigenvalue weighted by Crippen LogP contribution is -2.03. The molecule has 1 N–H and O–H groups in total. The molecule has 13 heavy (non-hydrogen) atoms. The summed E-state index contributed by atoms with van der Waals surface area (Å²) in [6, 6.07) is 7.06. The molecule has 0 fully saturated rings. The molecule has 2 aromatic rings. The topological polar surface area (TPSA) is 50.7 Å². The average molecular weight is 196 g/mol. The predicted octanol–water partition coefficient (Wildman–Crippen LogP) is 1.21. The second kappa shape index (κ2) is 3.06. The Morgan fingerprint density at radius 3 is 2.92 bits per heavy atom. The largest absolute Gasteiger partial charge is 0.284 e. The summed E-state index contributed by atoms with van der Waals surface area (Å²) in [6.45, 7) is 0. The highest BCUT2D eigenvalue weighted by molar-refractivity contribution is 6.30. The monoisotopic (exact) mass is 195 g/mol. The van der Waals surface area contributed by atoms with Gasteiger partial charge in [-0.15, -0.1) is 0 Å². The van der Waals surface area contributed by atoms with Crippen LogP contribution >= 0.6 is 11.6 Å². The first-order chi connectivity index (χ1) is 6.25. The number of rotatable bonds is 1. The van der Waals surface area contributed by atoms with Gasteiger partial charge in [0.1, 0.15) is 6.20 Å². The van der Waals surface area contributed by atoms with Crippen LogP contribution in [0, 0.1) is 0 Å². The molecule has 66 valence electrons. The summed E-state index contributed by atoms with van der Waals surface area (Å²) in [7, 11) is 0. The van der Waals surface area contributed by atoms with Crippen LogP contribution in [-0.4, -0.2) is 15.0 Å². The van der Waals surface area contributed by atoms with Gasteiger partial charge in [0.2, 0.25) is 0 Å². The number of hydrogen-bond donors (Lipinski definition) is 1. The maximum Gasteiger partial charge on any atom is 0.284 e. The van der Waals surface area contributed by atoms with E-state index in [0.29, 0.717) is 5.02 Å². The van der Waals surface area contributed by atoms with Gasteiger partial charge in [-0.05, 0) is 18.2 Å². The lowest BCUT2D eigenvalue weighted by Gasteiger charge is -1.99. The van der Waals surface area contributed by atoms with Crippen LogP contribution < -0.4 is 5.56 Å². The number of H-pyrrole nitrogens is 1. The molecule has 0 atom stereocenters. The Hall–Kier alpha value is -1.55. The van der Waals surface area contributed by atoms with Gasteiger partial charge in [-0.2, -0.15) is 9.90 Å². The molecule has 0 amide bonds. The minimum absolute atomic E-state index is 0.236. The fourth-order valence-corrected chi connectivity index (χ4v) is 1.20. The molecular weight excluding hydrogens is 190 g/mol. The number of nitrogens with zero attached hydrogens (tertiary/aromatic N) is 2. The van der Waals surface area contributed by atoms with E-state index in [4.69, 9.17) is 11.6 Å². The van der Waals surface area contributed by atoms with Crippen LogP contribution in [0.4, 0.5) is 0 Å². The lowest BCUT2D eigenvalue weighted by atomic mass is 10.3. The van der Waals surface area contributed by atoms with E-state index in [9.17, 15) is 4.79 Å². The minimum atomic E-state index is -0.236. The standard InChI is InChI=1S/C8H6ClN3O/c9-6-2-1-3-7(4-6)12-10-5-8(13)11-12/h1-5H,(H,11,13). The fraction of sp³-hybridized carbons (Fsp3) is 0. The quantitative estimate of drug-likeness (QED) is 0.744. The van der Waals surface area contributed by atoms with E-state index in [0.717, 1.165) is 5.69 Å². The van der Waals surface area contributed by atoms with Crippen molar-refractivity contribution >= 4 is 11.6 Å². The summed E-state index contributed by atoms with van der Waals surface area (Å²) in [5, 5.41) is 6.93. The maximum absolute atomic E-state index is 10.8. The van der Waals surface area contributed by atoms with E-state index in [1.165, 1.54) is 11.0 Å². The Morgan fingerprint density at radius 2 is 2.31 bits per heavy atom. The lowest BCUT2D eigenvalue weighted by molar-refractivity contribution is 0.746. The third kappa shape index (κ3) is 1.62. The van der Waals surface area contributed by atoms with Crippen molar-refractivity contribution in [3.05, 3.63) is 45.8 Å². The molecule has 0 bridgehead atoms. The summed E-state index contributed by atoms with van der Waals surface area (Å²) < 4.78 is 0. The molecule has 0 aliphatic rings. The molecule has 1 aromatic heterocycles. The molecule has 1 heterocycles. The Balaban J connectivity index is 2.52. The van der Waals surface area contributed by atoms with Crippen molar-refractivity contribution < 1.29 is 0 Å². The average Bonchev–Trinajstić information content (AvgIpc) is 2.52.